The number of nitrogens with one attached hydrogen (secondary N) is 2. The Morgan fingerprint density at radius 3 is 2.31 bits per heavy atom. The van der Waals surface area contributed by atoms with Gasteiger partial charge in [0.25, 0.3) is 0 Å². The van der Waals surface area contributed by atoms with Gasteiger partial charge in [-0.05, 0) is 38.2 Å². The molecule has 0 aliphatic rings. The van der Waals surface area contributed by atoms with E-state index in [1.54, 1.807) is 21.3 Å². The lowest BCUT2D eigenvalue weighted by Gasteiger charge is -2.17. The summed E-state index contributed by atoms with van der Waals surface area (Å²) in [6.45, 7) is 6.63. The summed E-state index contributed by atoms with van der Waals surface area (Å²) in [6.07, 6.45) is 3.72. The van der Waals surface area contributed by atoms with Crippen molar-refractivity contribution >= 4 is 29.9 Å². The maximum Gasteiger partial charge on any atom is 0.203 e. The van der Waals surface area contributed by atoms with Gasteiger partial charge >= 0.3 is 0 Å². The molecule has 0 spiro atoms. The lowest BCUT2D eigenvalue weighted by Crippen LogP contribution is -2.38. The molecule has 1 atom stereocenters. The summed E-state index contributed by atoms with van der Waals surface area (Å²) in [5.74, 6) is 3.15. The number of nitrogens with zero attached hydrogens (tertiary/aromatic N) is 1. The molecule has 1 unspecified atom stereocenters. The summed E-state index contributed by atoms with van der Waals surface area (Å²) in [6, 6.07) is 3.88. The number of hydrogen-bond acceptors (Lipinski definition) is 5. The molecule has 168 valence electrons. The van der Waals surface area contributed by atoms with Crippen molar-refractivity contribution in [1.82, 2.24) is 10.6 Å². The van der Waals surface area contributed by atoms with Crippen molar-refractivity contribution in [3.05, 3.63) is 17.7 Å². The van der Waals surface area contributed by atoms with Gasteiger partial charge in [-0.15, -0.1) is 24.0 Å². The molecule has 29 heavy (non-hydrogen) atoms. The van der Waals surface area contributed by atoms with Crippen molar-refractivity contribution in [1.29, 1.82) is 0 Å². The molecular formula is C21H38IN3O4. The first-order valence-corrected chi connectivity index (χ1v) is 10.1. The molecule has 1 aromatic rings. The van der Waals surface area contributed by atoms with Gasteiger partial charge in [0.2, 0.25) is 5.75 Å². The molecule has 0 heterocycles. The summed E-state index contributed by atoms with van der Waals surface area (Å²) < 4.78 is 16.3. The minimum Gasteiger partial charge on any atom is -0.493 e. The lowest BCUT2D eigenvalue weighted by molar-refractivity contribution is 0.253. The number of aliphatic hydroxyl groups is 1. The molecule has 0 bridgehead atoms. The van der Waals surface area contributed by atoms with Crippen LogP contribution in [-0.4, -0.2) is 58.6 Å². The highest BCUT2D eigenvalue weighted by Gasteiger charge is 2.15. The number of rotatable bonds is 13. The van der Waals surface area contributed by atoms with Gasteiger partial charge in [0, 0.05) is 31.8 Å². The molecule has 0 radical (unpaired) electrons. The Kier molecular flexibility index (Phi) is 15.6. The minimum atomic E-state index is 0. The number of halogens is 1. The zero-order chi connectivity index (χ0) is 20.8. The Bertz CT molecular complexity index is 594. The maximum atomic E-state index is 9.22. The molecule has 0 fully saturated rings. The third-order valence-electron chi connectivity index (χ3n) is 4.56. The monoisotopic (exact) mass is 523 g/mol. The van der Waals surface area contributed by atoms with E-state index in [2.05, 4.69) is 17.6 Å². The highest BCUT2D eigenvalue weighted by Crippen LogP contribution is 2.39. The zero-order valence-corrected chi connectivity index (χ0v) is 20.7. The molecule has 8 heteroatoms. The summed E-state index contributed by atoms with van der Waals surface area (Å²) >= 11 is 0. The van der Waals surface area contributed by atoms with Crippen molar-refractivity contribution in [2.45, 2.75) is 39.5 Å². The molecule has 0 saturated heterocycles. The quantitative estimate of drug-likeness (QED) is 0.209. The number of aliphatic imine (C=N–C) groups is 1. The average molecular weight is 523 g/mol. The highest BCUT2D eigenvalue weighted by atomic mass is 127. The van der Waals surface area contributed by atoms with Gasteiger partial charge in [-0.3, -0.25) is 4.99 Å². The summed E-state index contributed by atoms with van der Waals surface area (Å²) in [5.41, 5.74) is 1.03. The summed E-state index contributed by atoms with van der Waals surface area (Å²) in [4.78, 5) is 4.69. The third-order valence-corrected chi connectivity index (χ3v) is 4.56. The third kappa shape index (κ3) is 9.29. The van der Waals surface area contributed by atoms with Crippen LogP contribution in [0.4, 0.5) is 0 Å². The van der Waals surface area contributed by atoms with Crippen LogP contribution in [-0.2, 0) is 6.42 Å². The average Bonchev–Trinajstić information content (AvgIpc) is 2.71. The second kappa shape index (κ2) is 16.4. The fraction of sp³-hybridized carbons (Fsp3) is 0.667. The highest BCUT2D eigenvalue weighted by molar-refractivity contribution is 14.0. The molecule has 7 nitrogen and oxygen atoms in total. The van der Waals surface area contributed by atoms with E-state index in [4.69, 9.17) is 19.2 Å². The predicted octanol–water partition coefficient (Wildman–Crippen LogP) is 3.23. The smallest absolute Gasteiger partial charge is 0.203 e. The molecule has 0 aromatic heterocycles. The van der Waals surface area contributed by atoms with E-state index in [0.29, 0.717) is 36.3 Å². The van der Waals surface area contributed by atoms with Crippen molar-refractivity contribution in [2.75, 3.05) is 47.6 Å². The normalized spacial score (nSPS) is 12.0. The van der Waals surface area contributed by atoms with Crippen molar-refractivity contribution in [3.63, 3.8) is 0 Å². The van der Waals surface area contributed by atoms with E-state index in [1.165, 1.54) is 0 Å². The zero-order valence-electron chi connectivity index (χ0n) is 18.4. The van der Waals surface area contributed by atoms with E-state index in [1.807, 2.05) is 19.1 Å². The van der Waals surface area contributed by atoms with Crippen LogP contribution in [0.2, 0.25) is 0 Å². The summed E-state index contributed by atoms with van der Waals surface area (Å²) in [7, 11) is 4.85. The van der Waals surface area contributed by atoms with Gasteiger partial charge in [-0.25, -0.2) is 0 Å². The van der Waals surface area contributed by atoms with Crippen molar-refractivity contribution < 1.29 is 19.3 Å². The van der Waals surface area contributed by atoms with Gasteiger partial charge in [0.15, 0.2) is 17.5 Å². The summed E-state index contributed by atoms with van der Waals surface area (Å²) in [5, 5.41) is 15.9. The molecule has 0 amide bonds. The Morgan fingerprint density at radius 2 is 1.76 bits per heavy atom. The topological polar surface area (TPSA) is 84.3 Å². The number of methoxy groups -OCH3 is 3. The molecule has 0 saturated carbocycles. The van der Waals surface area contributed by atoms with E-state index < -0.39 is 0 Å². The van der Waals surface area contributed by atoms with Gasteiger partial charge in [0.1, 0.15) is 0 Å². The van der Waals surface area contributed by atoms with E-state index >= 15 is 0 Å². The van der Waals surface area contributed by atoms with Gasteiger partial charge < -0.3 is 30.0 Å². The van der Waals surface area contributed by atoms with Crippen molar-refractivity contribution in [3.8, 4) is 17.2 Å². The molecule has 0 aliphatic carbocycles. The van der Waals surface area contributed by atoms with E-state index in [-0.39, 0.29) is 30.6 Å². The molecule has 1 rings (SSSR count). The fourth-order valence-electron chi connectivity index (χ4n) is 3.16. The van der Waals surface area contributed by atoms with Crippen LogP contribution in [0.5, 0.6) is 17.2 Å². The minimum absolute atomic E-state index is 0. The Hall–Kier alpha value is -1.42. The first-order valence-electron chi connectivity index (χ1n) is 10.1. The Balaban J connectivity index is 0.00000784. The van der Waals surface area contributed by atoms with E-state index in [9.17, 15) is 5.11 Å². The first-order chi connectivity index (χ1) is 13.6. The van der Waals surface area contributed by atoms with Crippen molar-refractivity contribution in [2.24, 2.45) is 10.9 Å². The van der Waals surface area contributed by atoms with Gasteiger partial charge in [0.05, 0.1) is 21.3 Å². The second-order valence-corrected chi connectivity index (χ2v) is 6.56. The molecule has 3 N–H and O–H groups in total. The maximum absolute atomic E-state index is 9.22. The number of guanidine groups is 1. The van der Waals surface area contributed by atoms with Crippen LogP contribution in [0.15, 0.2) is 17.1 Å². The first kappa shape index (κ1) is 27.6. The van der Waals surface area contributed by atoms with Crippen LogP contribution in [0, 0.1) is 5.92 Å². The van der Waals surface area contributed by atoms with E-state index in [0.717, 1.165) is 43.8 Å². The number of hydrogen-bond donors (Lipinski definition) is 3. The second-order valence-electron chi connectivity index (χ2n) is 6.56. The molecule has 1 aromatic carbocycles. The molecular weight excluding hydrogens is 485 g/mol. The SMILES string of the molecule is CCCC(CCO)CN=C(NCC)NCCc1ccc(OC)c(OC)c1OC.I. The molecule has 0 aliphatic heterocycles. The van der Waals surface area contributed by atoms with Crippen LogP contribution in [0.25, 0.3) is 0 Å². The van der Waals surface area contributed by atoms with Gasteiger partial charge in [-0.1, -0.05) is 19.4 Å². The lowest BCUT2D eigenvalue weighted by atomic mass is 10.0. The Labute approximate surface area is 192 Å². The van der Waals surface area contributed by atoms with Gasteiger partial charge in [-0.2, -0.15) is 0 Å². The number of ether oxygens (including phenoxy) is 3. The number of aliphatic hydroxyl groups excluding tert-OH is 1. The number of benzene rings is 1. The Morgan fingerprint density at radius 1 is 1.03 bits per heavy atom. The van der Waals surface area contributed by atoms with Crippen LogP contribution < -0.4 is 24.8 Å². The van der Waals surface area contributed by atoms with Crippen LogP contribution >= 0.6 is 24.0 Å². The predicted molar refractivity (Wildman–Crippen MR) is 129 cm³/mol. The van der Waals surface area contributed by atoms with Crippen LogP contribution in [0.1, 0.15) is 38.7 Å². The largest absolute Gasteiger partial charge is 0.493 e. The fourth-order valence-corrected chi connectivity index (χ4v) is 3.16. The standard InChI is InChI=1S/C21H37N3O4.HI/c1-6-8-16(12-14-25)15-24-21(22-7-2)23-13-11-17-9-10-18(26-3)20(28-5)19(17)27-4;/h9-10,16,25H,6-8,11-15H2,1-5H3,(H2,22,23,24);1H. The van der Waals surface area contributed by atoms with Crippen LogP contribution in [0.3, 0.4) is 0 Å².